The Hall–Kier alpha value is -7.51. The third-order valence-corrected chi connectivity index (χ3v) is 31.9. The largest absolute Gasteiger partial charge is 1.00 e. The average molecular weight is 2110 g/mol. The summed E-state index contributed by atoms with van der Waals surface area (Å²) in [6.45, 7) is 23.5. The molecule has 48 heteroatoms. The number of rotatable bonds is 25. The molecule has 0 aromatic heterocycles. The minimum Gasteiger partial charge on any atom is -1.00 e. The Bertz CT molecular complexity index is 5120. The van der Waals surface area contributed by atoms with E-state index >= 15 is 0 Å². The van der Waals surface area contributed by atoms with Crippen LogP contribution in [0, 0.1) is 57.7 Å². The number of halogens is 23. The number of hydrogen-bond donors (Lipinski definition) is 1. The van der Waals surface area contributed by atoms with Crippen molar-refractivity contribution in [1.29, 1.82) is 0 Å². The van der Waals surface area contributed by atoms with E-state index in [9.17, 15) is 152 Å². The monoisotopic (exact) mass is 2110 g/mol. The number of ether oxygens (including phenoxy) is 8. The predicted octanol–water partition coefficient (Wildman–Crippen LogP) is 18.2. The first-order valence-corrected chi connectivity index (χ1v) is 48.3. The Kier molecular flexibility index (Phi) is 37.3. The number of fused-ring (bicyclic) bond motifs is 2. The molecular weight excluding hydrogens is 2000 g/mol. The number of methoxy groups -OCH3 is 1. The molecule has 1 N–H and O–H groups in total. The molecule has 138 heavy (non-hydrogen) atoms. The molecule has 2 saturated heterocycles. The van der Waals surface area contributed by atoms with Crippen LogP contribution in [0.1, 0.15) is 179 Å². The number of esters is 5. The summed E-state index contributed by atoms with van der Waals surface area (Å²) in [6.07, 6.45) is -43.7. The SMILES string of the molecule is CC(C)(C)c1ccc([S+](c2ccc(OC(C(F)(F)F)C(F)(F)S(=O)(=O)[O-])cc2)c2ccc(C(C)(C)C)cc2)cc1.CCC(C)(C)C(=O)OC(C)(C)C(O)(C(F)(F)F)C(F)(F)F.CCC(C)(C)C(=O)OC1C2CC3C1OC(=O)C3C2C(=O)OC(C(F)(F)F)C(F)(F)F.COCCOc1ccc([S+]2CCCC2)c2ccccc12.O=C(OC(C(F)(F)F)C(F)(F)S(=O)(=O)[O-])C12CC3CC(CC(C3)C1)C2.S.[F-]. The maximum absolute atomic E-state index is 13.9. The quantitative estimate of drug-likeness (QED) is 0.0142. The van der Waals surface area contributed by atoms with Gasteiger partial charge in [0.05, 0.1) is 45.6 Å². The van der Waals surface area contributed by atoms with Crippen molar-refractivity contribution in [2.45, 2.75) is 287 Å². The smallest absolute Gasteiger partial charge is 0.434 e. The maximum atomic E-state index is 13.9. The number of carbonyl (C=O) groups is 5. The second-order valence-electron chi connectivity index (χ2n) is 38.3. The van der Waals surface area contributed by atoms with E-state index in [0.717, 1.165) is 58.1 Å². The van der Waals surface area contributed by atoms with E-state index in [0.29, 0.717) is 49.3 Å². The molecule has 8 unspecified atom stereocenters. The van der Waals surface area contributed by atoms with Gasteiger partial charge in [-0.25, -0.2) is 16.8 Å². The number of hydrogen-bond acceptors (Lipinski definition) is 20. The van der Waals surface area contributed by atoms with E-state index in [1.165, 1.54) is 72.9 Å². The summed E-state index contributed by atoms with van der Waals surface area (Å²) in [4.78, 5) is 65.1. The summed E-state index contributed by atoms with van der Waals surface area (Å²) in [5, 5.41) is 0.364. The van der Waals surface area contributed by atoms with Gasteiger partial charge in [-0.05, 0) is 219 Å². The lowest BCUT2D eigenvalue weighted by Gasteiger charge is -2.55. The van der Waals surface area contributed by atoms with Crippen LogP contribution in [0.3, 0.4) is 0 Å². The van der Waals surface area contributed by atoms with Gasteiger partial charge < -0.3 is 56.8 Å². The molecule has 8 fully saturated rings. The molecule has 5 aromatic carbocycles. The topological polar surface area (TPSA) is 294 Å². The van der Waals surface area contributed by atoms with Crippen LogP contribution in [0.15, 0.2) is 129 Å². The van der Waals surface area contributed by atoms with Crippen LogP contribution in [0.4, 0.5) is 96.6 Å². The van der Waals surface area contributed by atoms with Gasteiger partial charge in [0.15, 0.2) is 45.4 Å². The highest BCUT2D eigenvalue weighted by Crippen LogP contribution is 2.63. The first kappa shape index (κ1) is 119. The van der Waals surface area contributed by atoms with Crippen molar-refractivity contribution in [2.24, 2.45) is 57.7 Å². The molecule has 0 radical (unpaired) electrons. The number of alkyl halides is 22. The number of benzene rings is 5. The molecule has 780 valence electrons. The van der Waals surface area contributed by atoms with Crippen LogP contribution in [0.25, 0.3) is 10.8 Å². The summed E-state index contributed by atoms with van der Waals surface area (Å²) in [7, 11) is -11.9. The molecular formula is C90H108F23O20S5-. The fraction of sp³-hybridized carbons (Fsp3) is 0.633. The normalized spacial score (nSPS) is 22.5. The highest BCUT2D eigenvalue weighted by Gasteiger charge is 2.79. The van der Waals surface area contributed by atoms with Gasteiger partial charge in [-0.3, -0.25) is 24.0 Å². The minimum absolute atomic E-state index is 0. The van der Waals surface area contributed by atoms with E-state index in [1.807, 2.05) is 48.5 Å². The third kappa shape index (κ3) is 26.7. The Morgan fingerprint density at radius 1 is 0.529 bits per heavy atom. The Morgan fingerprint density at radius 2 is 0.935 bits per heavy atom. The molecule has 0 amide bonds. The molecule has 2 aliphatic heterocycles. The lowest BCUT2D eigenvalue weighted by atomic mass is 9.49. The summed E-state index contributed by atoms with van der Waals surface area (Å²) >= 11 is 0. The zero-order valence-electron chi connectivity index (χ0n) is 77.0. The van der Waals surface area contributed by atoms with Crippen molar-refractivity contribution in [2.75, 3.05) is 31.8 Å². The summed E-state index contributed by atoms with van der Waals surface area (Å²) in [6, 6.07) is 34.0. The van der Waals surface area contributed by atoms with Gasteiger partial charge in [-0.1, -0.05) is 97.9 Å². The molecule has 6 aliphatic carbocycles. The highest BCUT2D eigenvalue weighted by molar-refractivity contribution is 7.97. The van der Waals surface area contributed by atoms with Gasteiger partial charge in [-0.2, -0.15) is 110 Å². The second kappa shape index (κ2) is 43.2. The second-order valence-corrected chi connectivity index (χ2v) is 45.5. The van der Waals surface area contributed by atoms with Crippen molar-refractivity contribution in [3.8, 4) is 11.5 Å². The maximum Gasteiger partial charge on any atom is 0.434 e. The summed E-state index contributed by atoms with van der Waals surface area (Å²) < 4.78 is 389. The standard InChI is InChI=1S/C29H31F5O4S2.C18H20F6O6.C17H21O2S.C14H17F5O5S.C12H18F6O3.FH.H2S/c1-26(2,3)19-7-13-22(14-8-19)39(23-15-9-20(10-16-23)27(4,5)6)24-17-11-21(12-18-24)38-25(28(30,31)32)29(33,34)40(35,36)37;1-4-16(2,3)15(27)29-11-7-5-6-8(12(25)28-10(6)11)9(7)13(26)30-14(17(19,20)21)18(22,23)24;1-18-10-11-19-16-8-9-17(20-12-4-5-13-20)15-7-3-2-6-14(15)16;15-13(16,17)10(14(18,19)25(21,22)23)24-11(20)12-4-7-1-8(5-12)3-9(2-7)6-12;1-6-8(2,3)7(19)21-9(4,5)10(20,11(13,14)15)12(16,17)18;;/h7-18,25H,1-6H3;6-11,14H,4-5H2,1-3H3;2-3,6-9H,4-5,10-13H2,1H3;7-10H,1-6H2,(H,21,22,23);20H,6H2,1-5H3;1H;1H2/q;;+1;;;;/p-2. The number of carbonyl (C=O) groups excluding carboxylic acids is 5. The van der Waals surface area contributed by atoms with Crippen LogP contribution >= 0.6 is 13.5 Å². The van der Waals surface area contributed by atoms with Gasteiger partial charge in [0.1, 0.15) is 41.8 Å². The highest BCUT2D eigenvalue weighted by atomic mass is 32.2. The van der Waals surface area contributed by atoms with Crippen molar-refractivity contribution < 1.29 is 194 Å². The molecule has 8 atom stereocenters. The van der Waals surface area contributed by atoms with Crippen LogP contribution in [0.2, 0.25) is 0 Å². The fourth-order valence-electron chi connectivity index (χ4n) is 17.5. The minimum atomic E-state index is -6.67. The lowest BCUT2D eigenvalue weighted by molar-refractivity contribution is -0.408. The fourth-order valence-corrected chi connectivity index (χ4v) is 22.9. The third-order valence-electron chi connectivity index (χ3n) is 25.3. The molecule has 20 nitrogen and oxygen atoms in total. The Balaban J connectivity index is 0.000000270. The van der Waals surface area contributed by atoms with Crippen molar-refractivity contribution in [3.63, 3.8) is 0 Å². The van der Waals surface area contributed by atoms with E-state index in [4.69, 9.17) is 18.9 Å². The van der Waals surface area contributed by atoms with E-state index in [2.05, 4.69) is 96.9 Å². The van der Waals surface area contributed by atoms with Crippen molar-refractivity contribution >= 4 is 96.1 Å². The first-order valence-electron chi connectivity index (χ1n) is 42.7. The molecule has 5 aromatic rings. The van der Waals surface area contributed by atoms with Gasteiger partial charge in [0, 0.05) is 40.6 Å². The summed E-state index contributed by atoms with van der Waals surface area (Å²) in [5.41, 5.74) is -9.86. The van der Waals surface area contributed by atoms with Gasteiger partial charge in [0.25, 0.3) is 23.9 Å². The zero-order chi connectivity index (χ0) is 103. The average Bonchev–Trinajstić information content (AvgIpc) is 1.57. The number of aliphatic hydroxyl groups is 1. The first-order chi connectivity index (χ1) is 61.8. The van der Waals surface area contributed by atoms with Crippen molar-refractivity contribution in [3.05, 3.63) is 120 Å². The van der Waals surface area contributed by atoms with Crippen LogP contribution in [-0.4, -0.2) is 182 Å². The molecule has 6 bridgehead atoms. The van der Waals surface area contributed by atoms with E-state index < -0.39 is 196 Å². The van der Waals surface area contributed by atoms with Gasteiger partial charge >= 0.3 is 77.4 Å². The lowest BCUT2D eigenvalue weighted by Crippen LogP contribution is -3.00. The van der Waals surface area contributed by atoms with E-state index in [-0.39, 0.29) is 78.9 Å². The predicted molar refractivity (Wildman–Crippen MR) is 457 cm³/mol. The van der Waals surface area contributed by atoms with Crippen LogP contribution in [0.5, 0.6) is 11.5 Å². The Morgan fingerprint density at radius 3 is 1.33 bits per heavy atom. The van der Waals surface area contributed by atoms with Crippen LogP contribution in [-0.2, 0) is 105 Å². The summed E-state index contributed by atoms with van der Waals surface area (Å²) in [5.74, 6) is -7.16. The van der Waals surface area contributed by atoms with Crippen molar-refractivity contribution in [1.82, 2.24) is 0 Å². The molecule has 2 heterocycles. The van der Waals surface area contributed by atoms with Crippen LogP contribution < -0.4 is 14.2 Å². The molecule has 6 saturated carbocycles. The molecule has 13 rings (SSSR count). The Labute approximate surface area is 794 Å². The molecule has 0 spiro atoms. The molecule has 8 aliphatic rings. The van der Waals surface area contributed by atoms with Gasteiger partial charge in [0.2, 0.25) is 0 Å². The van der Waals surface area contributed by atoms with Gasteiger partial charge in [-0.15, -0.1) is 0 Å². The van der Waals surface area contributed by atoms with E-state index in [1.54, 1.807) is 27.9 Å². The zero-order valence-corrected chi connectivity index (χ0v) is 81.2.